The van der Waals surface area contributed by atoms with E-state index < -0.39 is 0 Å². The van der Waals surface area contributed by atoms with E-state index in [2.05, 4.69) is 16.3 Å². The van der Waals surface area contributed by atoms with Crippen molar-refractivity contribution in [1.82, 2.24) is 10.2 Å². The number of fused-ring (bicyclic) bond motifs is 1. The Kier molecular flexibility index (Phi) is 5.25. The fourth-order valence-corrected chi connectivity index (χ4v) is 4.94. The van der Waals surface area contributed by atoms with E-state index in [1.807, 2.05) is 18.2 Å². The van der Waals surface area contributed by atoms with Gasteiger partial charge < -0.3 is 10.1 Å². The molecule has 1 aromatic rings. The van der Waals surface area contributed by atoms with Crippen molar-refractivity contribution in [2.24, 2.45) is 5.92 Å². The Bertz CT molecular complexity index is 572. The van der Waals surface area contributed by atoms with E-state index in [1.165, 1.54) is 50.5 Å². The number of likely N-dealkylation sites (tertiary alicyclic amines) is 1. The molecule has 4 rings (SSSR count). The Balaban J connectivity index is 1.23. The summed E-state index contributed by atoms with van der Waals surface area (Å²) in [6.45, 7) is 2.25. The third kappa shape index (κ3) is 4.00. The maximum Gasteiger partial charge on any atom is 0.234 e. The minimum absolute atomic E-state index is 0.0778. The van der Waals surface area contributed by atoms with E-state index >= 15 is 0 Å². The summed E-state index contributed by atoms with van der Waals surface area (Å²) in [6, 6.07) is 8.80. The summed E-state index contributed by atoms with van der Waals surface area (Å²) in [7, 11) is 0. The number of hydrogen-bond acceptors (Lipinski definition) is 3. The van der Waals surface area contributed by atoms with Crippen molar-refractivity contribution in [1.29, 1.82) is 0 Å². The summed E-state index contributed by atoms with van der Waals surface area (Å²) in [5.74, 6) is 1.94. The van der Waals surface area contributed by atoms with Gasteiger partial charge in [-0.1, -0.05) is 37.5 Å². The first-order valence-electron chi connectivity index (χ1n) is 10.0. The van der Waals surface area contributed by atoms with Gasteiger partial charge in [0.15, 0.2) is 0 Å². The quantitative estimate of drug-likeness (QED) is 0.894. The van der Waals surface area contributed by atoms with Gasteiger partial charge in [-0.2, -0.15) is 0 Å². The summed E-state index contributed by atoms with van der Waals surface area (Å²) < 4.78 is 5.92. The molecule has 4 nitrogen and oxygen atoms in total. The average molecular weight is 342 g/mol. The number of nitrogens with zero attached hydrogens (tertiary/aromatic N) is 1. The monoisotopic (exact) mass is 342 g/mol. The van der Waals surface area contributed by atoms with Crippen LogP contribution in [-0.4, -0.2) is 42.6 Å². The minimum Gasteiger partial charge on any atom is -0.488 e. The number of ether oxygens (including phenoxy) is 1. The molecule has 2 fully saturated rings. The lowest BCUT2D eigenvalue weighted by molar-refractivity contribution is -0.123. The zero-order chi connectivity index (χ0) is 17.1. The Labute approximate surface area is 150 Å². The molecule has 1 aromatic carbocycles. The van der Waals surface area contributed by atoms with Gasteiger partial charge in [0.2, 0.25) is 5.91 Å². The first kappa shape index (κ1) is 16.9. The SMILES string of the molecule is O=C(CN1CCC[C@@H]1C1CCCCC1)NC[C@H]1Cc2ccccc2O1. The van der Waals surface area contributed by atoms with E-state index in [9.17, 15) is 4.79 Å². The van der Waals surface area contributed by atoms with Crippen LogP contribution in [-0.2, 0) is 11.2 Å². The number of amides is 1. The maximum atomic E-state index is 12.4. The molecular formula is C21H30N2O2. The highest BCUT2D eigenvalue weighted by molar-refractivity contribution is 5.78. The molecule has 0 unspecified atom stereocenters. The summed E-state index contributed by atoms with van der Waals surface area (Å²) in [5.41, 5.74) is 1.25. The van der Waals surface area contributed by atoms with Crippen LogP contribution in [0.15, 0.2) is 24.3 Å². The Morgan fingerprint density at radius 3 is 2.80 bits per heavy atom. The second-order valence-corrected chi connectivity index (χ2v) is 7.93. The van der Waals surface area contributed by atoms with Crippen molar-refractivity contribution in [3.05, 3.63) is 29.8 Å². The highest BCUT2D eigenvalue weighted by Gasteiger charge is 2.33. The van der Waals surface area contributed by atoms with Crippen LogP contribution in [0.5, 0.6) is 5.75 Å². The van der Waals surface area contributed by atoms with Gasteiger partial charge in [0, 0.05) is 12.5 Å². The van der Waals surface area contributed by atoms with Crippen LogP contribution in [0.3, 0.4) is 0 Å². The molecule has 25 heavy (non-hydrogen) atoms. The predicted molar refractivity (Wildman–Crippen MR) is 98.7 cm³/mol. The van der Waals surface area contributed by atoms with E-state index in [-0.39, 0.29) is 12.0 Å². The fraction of sp³-hybridized carbons (Fsp3) is 0.667. The molecule has 1 N–H and O–H groups in total. The van der Waals surface area contributed by atoms with E-state index in [0.717, 1.165) is 24.6 Å². The van der Waals surface area contributed by atoms with Crippen LogP contribution < -0.4 is 10.1 Å². The van der Waals surface area contributed by atoms with Crippen molar-refractivity contribution >= 4 is 5.91 Å². The largest absolute Gasteiger partial charge is 0.488 e. The van der Waals surface area contributed by atoms with Crippen LogP contribution in [0.4, 0.5) is 0 Å². The first-order valence-corrected chi connectivity index (χ1v) is 10.0. The number of benzene rings is 1. The van der Waals surface area contributed by atoms with Gasteiger partial charge in [0.1, 0.15) is 11.9 Å². The topological polar surface area (TPSA) is 41.6 Å². The van der Waals surface area contributed by atoms with E-state index in [4.69, 9.17) is 4.74 Å². The number of para-hydroxylation sites is 1. The number of rotatable bonds is 5. The molecule has 0 aromatic heterocycles. The summed E-state index contributed by atoms with van der Waals surface area (Å²) in [6.07, 6.45) is 10.4. The van der Waals surface area contributed by atoms with Crippen LogP contribution >= 0.6 is 0 Å². The second kappa shape index (κ2) is 7.77. The predicted octanol–water partition coefficient (Wildman–Crippen LogP) is 3.15. The molecule has 1 saturated carbocycles. The van der Waals surface area contributed by atoms with Crippen molar-refractivity contribution in [3.63, 3.8) is 0 Å². The molecule has 2 aliphatic heterocycles. The van der Waals surface area contributed by atoms with Crippen molar-refractivity contribution < 1.29 is 9.53 Å². The molecule has 3 aliphatic rings. The average Bonchev–Trinajstić information content (AvgIpc) is 3.27. The Morgan fingerprint density at radius 1 is 1.12 bits per heavy atom. The van der Waals surface area contributed by atoms with Crippen LogP contribution in [0.1, 0.15) is 50.5 Å². The molecule has 136 valence electrons. The molecule has 0 radical (unpaired) electrons. The number of carbonyl (C=O) groups excluding carboxylic acids is 1. The third-order valence-corrected chi connectivity index (χ3v) is 6.20. The first-order chi connectivity index (χ1) is 12.3. The molecular weight excluding hydrogens is 312 g/mol. The fourth-order valence-electron chi connectivity index (χ4n) is 4.94. The number of carbonyl (C=O) groups is 1. The Hall–Kier alpha value is -1.55. The molecule has 1 aliphatic carbocycles. The van der Waals surface area contributed by atoms with Gasteiger partial charge in [-0.05, 0) is 49.8 Å². The molecule has 0 spiro atoms. The van der Waals surface area contributed by atoms with Gasteiger partial charge in [0.05, 0.1) is 13.1 Å². The zero-order valence-electron chi connectivity index (χ0n) is 15.1. The van der Waals surface area contributed by atoms with Gasteiger partial charge >= 0.3 is 0 Å². The van der Waals surface area contributed by atoms with Crippen molar-refractivity contribution in [3.8, 4) is 5.75 Å². The molecule has 2 heterocycles. The lowest BCUT2D eigenvalue weighted by Gasteiger charge is -2.33. The number of nitrogens with one attached hydrogen (secondary N) is 1. The van der Waals surface area contributed by atoms with Crippen LogP contribution in [0.2, 0.25) is 0 Å². The van der Waals surface area contributed by atoms with Crippen molar-refractivity contribution in [2.75, 3.05) is 19.6 Å². The van der Waals surface area contributed by atoms with Gasteiger partial charge in [-0.15, -0.1) is 0 Å². The maximum absolute atomic E-state index is 12.4. The summed E-state index contributed by atoms with van der Waals surface area (Å²) in [5, 5.41) is 3.10. The second-order valence-electron chi connectivity index (χ2n) is 7.93. The zero-order valence-corrected chi connectivity index (χ0v) is 15.1. The normalized spacial score (nSPS) is 27.0. The lowest BCUT2D eigenvalue weighted by atomic mass is 9.83. The highest BCUT2D eigenvalue weighted by Crippen LogP contribution is 2.34. The van der Waals surface area contributed by atoms with Gasteiger partial charge in [-0.3, -0.25) is 9.69 Å². The molecule has 1 saturated heterocycles. The molecule has 1 amide bonds. The van der Waals surface area contributed by atoms with Crippen LogP contribution in [0.25, 0.3) is 0 Å². The van der Waals surface area contributed by atoms with E-state index in [1.54, 1.807) is 0 Å². The van der Waals surface area contributed by atoms with Gasteiger partial charge in [0.25, 0.3) is 0 Å². The molecule has 0 bridgehead atoms. The van der Waals surface area contributed by atoms with Crippen molar-refractivity contribution in [2.45, 2.75) is 63.5 Å². The molecule has 4 heteroatoms. The third-order valence-electron chi connectivity index (χ3n) is 6.20. The summed E-state index contributed by atoms with van der Waals surface area (Å²) >= 11 is 0. The highest BCUT2D eigenvalue weighted by atomic mass is 16.5. The van der Waals surface area contributed by atoms with Crippen LogP contribution in [0, 0.1) is 5.92 Å². The summed E-state index contributed by atoms with van der Waals surface area (Å²) in [4.78, 5) is 14.9. The van der Waals surface area contributed by atoms with E-state index in [0.29, 0.717) is 19.1 Å². The lowest BCUT2D eigenvalue weighted by Crippen LogP contribution is -2.45. The minimum atomic E-state index is 0.0778. The smallest absolute Gasteiger partial charge is 0.234 e. The standard InChI is InChI=1S/C21H30N2O2/c24-21(22-14-18-13-17-9-4-5-11-20(17)25-18)15-23-12-6-10-19(23)16-7-2-1-3-8-16/h4-5,9,11,16,18-19H,1-3,6-8,10,12-15H2,(H,22,24)/t18-,19-/m1/s1. The number of hydrogen-bond donors (Lipinski definition) is 1. The molecule has 2 atom stereocenters. The Morgan fingerprint density at radius 2 is 1.96 bits per heavy atom. The van der Waals surface area contributed by atoms with Gasteiger partial charge in [-0.25, -0.2) is 0 Å².